The van der Waals surface area contributed by atoms with Crippen molar-refractivity contribution >= 4 is 22.1 Å². The van der Waals surface area contributed by atoms with Gasteiger partial charge in [-0.3, -0.25) is 9.59 Å². The lowest BCUT2D eigenvalue weighted by atomic mass is 9.96. The second kappa shape index (κ2) is 7.00. The summed E-state index contributed by atoms with van der Waals surface area (Å²) < 4.78 is 27.2. The molecule has 0 heterocycles. The summed E-state index contributed by atoms with van der Waals surface area (Å²) in [4.78, 5) is 21.5. The van der Waals surface area contributed by atoms with E-state index in [0.717, 1.165) is 36.4 Å². The molecule has 8 nitrogen and oxygen atoms in total. The summed E-state index contributed by atoms with van der Waals surface area (Å²) in [6.07, 6.45) is 3.59. The first kappa shape index (κ1) is 16.9. The first-order valence-electron chi connectivity index (χ1n) is 6.44. The van der Waals surface area contributed by atoms with Crippen molar-refractivity contribution in [2.75, 3.05) is 7.05 Å². The Hall–Kier alpha value is -1.19. The van der Waals surface area contributed by atoms with Crippen LogP contribution in [0.3, 0.4) is 0 Å². The predicted octanol–water partition coefficient (Wildman–Crippen LogP) is 0.0132. The van der Waals surface area contributed by atoms with Crippen LogP contribution in [0.1, 0.15) is 38.5 Å². The fourth-order valence-corrected chi connectivity index (χ4v) is 3.57. The number of hydrogen-bond acceptors (Lipinski definition) is 4. The lowest BCUT2D eigenvalue weighted by Crippen LogP contribution is -2.51. The van der Waals surface area contributed by atoms with Gasteiger partial charge in [0.15, 0.2) is 0 Å². The highest BCUT2D eigenvalue weighted by molar-refractivity contribution is 7.87. The molecular formula is C11H20N2O6S. The second-order valence-corrected chi connectivity index (χ2v) is 6.68. The molecule has 0 unspecified atom stereocenters. The monoisotopic (exact) mass is 308 g/mol. The van der Waals surface area contributed by atoms with Crippen molar-refractivity contribution in [1.82, 2.24) is 9.03 Å². The highest BCUT2D eigenvalue weighted by atomic mass is 32.2. The van der Waals surface area contributed by atoms with Gasteiger partial charge < -0.3 is 10.2 Å². The molecule has 0 spiro atoms. The van der Waals surface area contributed by atoms with Gasteiger partial charge in [-0.1, -0.05) is 19.3 Å². The molecule has 0 aromatic rings. The molecule has 1 aliphatic carbocycles. The molecule has 1 aliphatic rings. The molecule has 0 aromatic carbocycles. The summed E-state index contributed by atoms with van der Waals surface area (Å²) in [5.74, 6) is -2.88. The topological polar surface area (TPSA) is 124 Å². The number of hydrogen-bond donors (Lipinski definition) is 3. The van der Waals surface area contributed by atoms with Crippen molar-refractivity contribution in [3.8, 4) is 0 Å². The molecule has 0 aliphatic heterocycles. The normalized spacial score (nSPS) is 18.9. The van der Waals surface area contributed by atoms with E-state index in [0.29, 0.717) is 0 Å². The quantitative estimate of drug-likeness (QED) is 0.609. The summed E-state index contributed by atoms with van der Waals surface area (Å²) in [6.45, 7) is 0. The van der Waals surface area contributed by atoms with Crippen LogP contribution < -0.4 is 4.72 Å². The first-order chi connectivity index (χ1) is 9.24. The maximum Gasteiger partial charge on any atom is 0.322 e. The van der Waals surface area contributed by atoms with Crippen molar-refractivity contribution in [1.29, 1.82) is 0 Å². The van der Waals surface area contributed by atoms with Gasteiger partial charge >= 0.3 is 11.9 Å². The molecule has 0 bridgehead atoms. The Balaban J connectivity index is 2.75. The minimum atomic E-state index is -4.01. The zero-order valence-corrected chi connectivity index (χ0v) is 12.1. The smallest absolute Gasteiger partial charge is 0.322 e. The van der Waals surface area contributed by atoms with Crippen LogP contribution in [0.2, 0.25) is 0 Å². The van der Waals surface area contributed by atoms with E-state index in [1.54, 1.807) is 0 Å². The van der Waals surface area contributed by atoms with Gasteiger partial charge in [0.05, 0.1) is 6.42 Å². The van der Waals surface area contributed by atoms with Crippen molar-refractivity contribution in [2.24, 2.45) is 0 Å². The molecule has 1 rings (SSSR count). The average Bonchev–Trinajstić information content (AvgIpc) is 2.37. The van der Waals surface area contributed by atoms with Crippen molar-refractivity contribution < 1.29 is 28.2 Å². The number of aliphatic carboxylic acids is 2. The van der Waals surface area contributed by atoms with Gasteiger partial charge in [-0.25, -0.2) is 0 Å². The van der Waals surface area contributed by atoms with Gasteiger partial charge in [0, 0.05) is 13.1 Å². The van der Waals surface area contributed by atoms with E-state index < -0.39 is 34.6 Å². The number of rotatable bonds is 7. The molecule has 0 amide bonds. The molecule has 0 saturated heterocycles. The third-order valence-electron chi connectivity index (χ3n) is 3.44. The third-order valence-corrected chi connectivity index (χ3v) is 5.07. The van der Waals surface area contributed by atoms with Crippen LogP contribution in [0.4, 0.5) is 0 Å². The Labute approximate surface area is 118 Å². The average molecular weight is 308 g/mol. The molecule has 1 fully saturated rings. The number of nitrogens with one attached hydrogen (secondary N) is 1. The second-order valence-electron chi connectivity index (χ2n) is 4.92. The lowest BCUT2D eigenvalue weighted by Gasteiger charge is -2.31. The number of nitrogens with zero attached hydrogens (tertiary/aromatic N) is 1. The summed E-state index contributed by atoms with van der Waals surface area (Å²) in [6, 6.07) is -1.83. The van der Waals surface area contributed by atoms with Crippen LogP contribution in [0, 0.1) is 0 Å². The predicted molar refractivity (Wildman–Crippen MR) is 70.4 cm³/mol. The molecule has 9 heteroatoms. The van der Waals surface area contributed by atoms with E-state index in [1.165, 1.54) is 7.05 Å². The highest BCUT2D eigenvalue weighted by Gasteiger charge is 2.32. The number of carboxylic acids is 2. The Morgan fingerprint density at radius 3 is 2.25 bits per heavy atom. The first-order valence-corrected chi connectivity index (χ1v) is 7.88. The minimum Gasteiger partial charge on any atom is -0.481 e. The highest BCUT2D eigenvalue weighted by Crippen LogP contribution is 2.23. The Morgan fingerprint density at radius 2 is 1.80 bits per heavy atom. The molecule has 116 valence electrons. The fourth-order valence-electron chi connectivity index (χ4n) is 2.26. The molecule has 0 aromatic heterocycles. The van der Waals surface area contributed by atoms with Crippen molar-refractivity contribution in [2.45, 2.75) is 50.6 Å². The Kier molecular flexibility index (Phi) is 5.90. The van der Waals surface area contributed by atoms with Gasteiger partial charge in [-0.2, -0.15) is 17.4 Å². The van der Waals surface area contributed by atoms with E-state index in [4.69, 9.17) is 10.2 Å². The zero-order valence-electron chi connectivity index (χ0n) is 11.3. The third kappa shape index (κ3) is 4.73. The maximum atomic E-state index is 12.1. The van der Waals surface area contributed by atoms with E-state index in [1.807, 2.05) is 4.72 Å². The summed E-state index contributed by atoms with van der Waals surface area (Å²) in [5, 5.41) is 17.5. The Morgan fingerprint density at radius 1 is 1.25 bits per heavy atom. The van der Waals surface area contributed by atoms with Crippen LogP contribution in [0.15, 0.2) is 0 Å². The van der Waals surface area contributed by atoms with Crippen LogP contribution in [0.5, 0.6) is 0 Å². The van der Waals surface area contributed by atoms with Gasteiger partial charge in [0.1, 0.15) is 6.04 Å². The van der Waals surface area contributed by atoms with Crippen molar-refractivity contribution in [3.05, 3.63) is 0 Å². The summed E-state index contributed by atoms with van der Waals surface area (Å²) in [5.41, 5.74) is 0. The maximum absolute atomic E-state index is 12.1. The summed E-state index contributed by atoms with van der Waals surface area (Å²) in [7, 11) is -2.62. The van der Waals surface area contributed by atoms with Crippen LogP contribution in [-0.2, 0) is 19.8 Å². The zero-order chi connectivity index (χ0) is 15.3. The molecular weight excluding hydrogens is 288 g/mol. The molecule has 0 radical (unpaired) electrons. The summed E-state index contributed by atoms with van der Waals surface area (Å²) >= 11 is 0. The fraction of sp³-hybridized carbons (Fsp3) is 0.818. The molecule has 1 saturated carbocycles. The van der Waals surface area contributed by atoms with Crippen molar-refractivity contribution in [3.63, 3.8) is 0 Å². The molecule has 3 N–H and O–H groups in total. The molecule has 20 heavy (non-hydrogen) atoms. The standard InChI is InChI=1S/C11H20N2O6S/c1-13(8-5-3-2-4-6-8)20(18,19)12-9(11(16)17)7-10(14)15/h8-9,12H,2-7H2,1H3,(H,14,15)(H,16,17)/t9-/m0/s1. The van der Waals surface area contributed by atoms with Gasteiger partial charge in [0.25, 0.3) is 10.2 Å². The SMILES string of the molecule is CN(C1CCCCC1)S(=O)(=O)N[C@@H](CC(=O)O)C(=O)O. The largest absolute Gasteiger partial charge is 0.481 e. The van der Waals surface area contributed by atoms with E-state index in [2.05, 4.69) is 0 Å². The van der Waals surface area contributed by atoms with E-state index in [9.17, 15) is 18.0 Å². The van der Waals surface area contributed by atoms with Gasteiger partial charge in [-0.15, -0.1) is 0 Å². The van der Waals surface area contributed by atoms with E-state index >= 15 is 0 Å². The minimum absolute atomic E-state index is 0.166. The number of carbonyl (C=O) groups is 2. The Bertz CT molecular complexity index is 458. The molecule has 1 atom stereocenters. The van der Waals surface area contributed by atoms with Crippen LogP contribution in [-0.4, -0.2) is 54.0 Å². The van der Waals surface area contributed by atoms with Gasteiger partial charge in [-0.05, 0) is 12.8 Å². The van der Waals surface area contributed by atoms with Crippen LogP contribution >= 0.6 is 0 Å². The van der Waals surface area contributed by atoms with Crippen LogP contribution in [0.25, 0.3) is 0 Å². The number of carboxylic acid groups (broad SMARTS) is 2. The van der Waals surface area contributed by atoms with Gasteiger partial charge in [0.2, 0.25) is 0 Å². The van der Waals surface area contributed by atoms with E-state index in [-0.39, 0.29) is 6.04 Å². The lowest BCUT2D eigenvalue weighted by molar-refractivity contribution is -0.145.